The average molecular weight is 185 g/mol. The van der Waals surface area contributed by atoms with Crippen molar-refractivity contribution < 1.29 is 9.63 Å². The van der Waals surface area contributed by atoms with Crippen LogP contribution in [0.2, 0.25) is 0 Å². The Hall–Kier alpha value is -2.21. The van der Waals surface area contributed by atoms with Crippen molar-refractivity contribution in [2.24, 2.45) is 0 Å². The average Bonchev–Trinajstić information content (AvgIpc) is 2.62. The number of rotatable bonds is 1. The first-order valence-corrected chi connectivity index (χ1v) is 4.06. The summed E-state index contributed by atoms with van der Waals surface area (Å²) in [5, 5.41) is 0.998. The Labute approximate surface area is 80.9 Å². The Morgan fingerprint density at radius 1 is 1.36 bits per heavy atom. The number of carbonyl (C=O) groups excluding carboxylic acids is 1. The molecule has 0 saturated carbocycles. The summed E-state index contributed by atoms with van der Waals surface area (Å²) in [6.07, 6.45) is 6.55. The molecule has 0 N–H and O–H groups in total. The molecular weight excluding hydrogens is 178 g/mol. The first-order valence-electron chi connectivity index (χ1n) is 4.06. The fourth-order valence-corrected chi connectivity index (χ4v) is 1.25. The largest absolute Gasteiger partial charge is 0.408 e. The van der Waals surface area contributed by atoms with E-state index in [0.717, 1.165) is 10.9 Å². The molecule has 0 unspecified atom stereocenters. The molecule has 1 aromatic carbocycles. The monoisotopic (exact) mass is 185 g/mol. The zero-order valence-corrected chi connectivity index (χ0v) is 7.31. The molecule has 0 atom stereocenters. The fourth-order valence-electron chi connectivity index (χ4n) is 1.25. The molecule has 1 heterocycles. The molecular formula is C11H7NO2. The number of aromatic nitrogens is 1. The van der Waals surface area contributed by atoms with E-state index in [-0.39, 0.29) is 0 Å². The maximum Gasteiger partial charge on any atom is 0.408 e. The second-order valence-corrected chi connectivity index (χ2v) is 2.72. The van der Waals surface area contributed by atoms with Gasteiger partial charge < -0.3 is 4.84 Å². The molecule has 14 heavy (non-hydrogen) atoms. The summed E-state index contributed by atoms with van der Waals surface area (Å²) in [6, 6.07) is 9.39. The molecule has 68 valence electrons. The zero-order chi connectivity index (χ0) is 9.97. The summed E-state index contributed by atoms with van der Waals surface area (Å²) < 4.78 is 1.36. The van der Waals surface area contributed by atoms with Gasteiger partial charge in [0.25, 0.3) is 0 Å². The van der Waals surface area contributed by atoms with E-state index in [0.29, 0.717) is 0 Å². The van der Waals surface area contributed by atoms with Crippen molar-refractivity contribution in [2.75, 3.05) is 0 Å². The predicted octanol–water partition coefficient (Wildman–Crippen LogP) is 1.23. The molecule has 0 radical (unpaired) electrons. The highest BCUT2D eigenvalue weighted by Crippen LogP contribution is 2.13. The number of nitrogens with zero attached hydrogens (tertiary/aromatic N) is 1. The Balaban J connectivity index is 2.44. The topological polar surface area (TPSA) is 31.2 Å². The zero-order valence-electron chi connectivity index (χ0n) is 7.31. The van der Waals surface area contributed by atoms with E-state index in [1.165, 1.54) is 4.73 Å². The highest BCUT2D eigenvalue weighted by Gasteiger charge is 2.03. The summed E-state index contributed by atoms with van der Waals surface area (Å²) in [4.78, 5) is 15.7. The maximum atomic E-state index is 10.8. The van der Waals surface area contributed by atoms with E-state index >= 15 is 0 Å². The quantitative estimate of drug-likeness (QED) is 0.626. The first kappa shape index (κ1) is 8.39. The van der Waals surface area contributed by atoms with E-state index < -0.39 is 5.97 Å². The molecule has 3 nitrogen and oxygen atoms in total. The Morgan fingerprint density at radius 3 is 2.93 bits per heavy atom. The van der Waals surface area contributed by atoms with Crippen LogP contribution >= 0.6 is 0 Å². The van der Waals surface area contributed by atoms with Crippen LogP contribution < -0.4 is 4.84 Å². The van der Waals surface area contributed by atoms with Crippen molar-refractivity contribution in [1.29, 1.82) is 0 Å². The van der Waals surface area contributed by atoms with Crippen LogP contribution in [0.15, 0.2) is 36.5 Å². The van der Waals surface area contributed by atoms with Gasteiger partial charge in [0.1, 0.15) is 0 Å². The van der Waals surface area contributed by atoms with Gasteiger partial charge >= 0.3 is 5.97 Å². The SMILES string of the molecule is C#CC(=O)On1ccc2ccccc21. The number of hydrogen-bond acceptors (Lipinski definition) is 2. The standard InChI is InChI=1S/C11H7NO2/c1-2-11(13)14-12-8-7-9-5-3-4-6-10(9)12/h1,3-8H. The normalized spacial score (nSPS) is 9.64. The van der Waals surface area contributed by atoms with Crippen LogP contribution in [0.25, 0.3) is 10.9 Å². The highest BCUT2D eigenvalue weighted by molar-refractivity contribution is 5.89. The summed E-state index contributed by atoms with van der Waals surface area (Å²) in [6.45, 7) is 0. The van der Waals surface area contributed by atoms with Crippen LogP contribution in [0, 0.1) is 12.3 Å². The van der Waals surface area contributed by atoms with Gasteiger partial charge in [-0.05, 0) is 12.1 Å². The van der Waals surface area contributed by atoms with E-state index in [9.17, 15) is 4.79 Å². The Kier molecular flexibility index (Phi) is 1.96. The molecule has 0 amide bonds. The first-order chi connectivity index (χ1) is 6.81. The summed E-state index contributed by atoms with van der Waals surface area (Å²) in [5.41, 5.74) is 0.816. The van der Waals surface area contributed by atoms with E-state index in [1.807, 2.05) is 36.3 Å². The third kappa shape index (κ3) is 1.34. The van der Waals surface area contributed by atoms with Gasteiger partial charge in [-0.3, -0.25) is 0 Å². The van der Waals surface area contributed by atoms with Gasteiger partial charge in [-0.15, -0.1) is 6.42 Å². The predicted molar refractivity (Wildman–Crippen MR) is 52.4 cm³/mol. The van der Waals surface area contributed by atoms with E-state index in [4.69, 9.17) is 11.3 Å². The van der Waals surface area contributed by atoms with Gasteiger partial charge in [-0.2, -0.15) is 4.73 Å². The van der Waals surface area contributed by atoms with Crippen molar-refractivity contribution in [3.05, 3.63) is 36.5 Å². The van der Waals surface area contributed by atoms with Crippen LogP contribution in [0.4, 0.5) is 0 Å². The number of carbonyl (C=O) groups is 1. The Bertz CT molecular complexity index is 519. The smallest absolute Gasteiger partial charge is 0.324 e. The van der Waals surface area contributed by atoms with Crippen molar-refractivity contribution >= 4 is 16.9 Å². The minimum atomic E-state index is -0.702. The molecule has 0 spiro atoms. The molecule has 0 aliphatic rings. The lowest BCUT2D eigenvalue weighted by Crippen LogP contribution is -2.16. The molecule has 2 aromatic rings. The molecule has 1 aromatic heterocycles. The lowest BCUT2D eigenvalue weighted by atomic mass is 10.3. The summed E-state index contributed by atoms with van der Waals surface area (Å²) in [5.74, 6) is 1.18. The second kappa shape index (κ2) is 3.27. The van der Waals surface area contributed by atoms with E-state index in [2.05, 4.69) is 0 Å². The van der Waals surface area contributed by atoms with Gasteiger partial charge in [0.05, 0.1) is 5.52 Å². The summed E-state index contributed by atoms with van der Waals surface area (Å²) in [7, 11) is 0. The number of terminal acetylenes is 1. The van der Waals surface area contributed by atoms with Crippen molar-refractivity contribution in [1.82, 2.24) is 4.73 Å². The van der Waals surface area contributed by atoms with Crippen LogP contribution in [-0.2, 0) is 4.79 Å². The second-order valence-electron chi connectivity index (χ2n) is 2.72. The highest BCUT2D eigenvalue weighted by atomic mass is 16.7. The molecule has 0 aliphatic heterocycles. The van der Waals surface area contributed by atoms with Gasteiger partial charge in [-0.1, -0.05) is 18.2 Å². The molecule has 3 heteroatoms. The molecule has 2 rings (SSSR count). The number of para-hydroxylation sites is 1. The third-order valence-corrected chi connectivity index (χ3v) is 1.86. The van der Waals surface area contributed by atoms with Gasteiger partial charge in [0, 0.05) is 17.5 Å². The number of hydrogen-bond donors (Lipinski definition) is 0. The van der Waals surface area contributed by atoms with Crippen LogP contribution in [-0.4, -0.2) is 10.7 Å². The van der Waals surface area contributed by atoms with Gasteiger partial charge in [0.15, 0.2) is 0 Å². The van der Waals surface area contributed by atoms with Crippen LogP contribution in [0.3, 0.4) is 0 Å². The molecule has 0 bridgehead atoms. The Morgan fingerprint density at radius 2 is 2.14 bits per heavy atom. The minimum Gasteiger partial charge on any atom is -0.324 e. The number of benzene rings is 1. The fraction of sp³-hybridized carbons (Fsp3) is 0. The van der Waals surface area contributed by atoms with Crippen molar-refractivity contribution in [3.8, 4) is 12.3 Å². The van der Waals surface area contributed by atoms with Crippen molar-refractivity contribution in [3.63, 3.8) is 0 Å². The number of fused-ring (bicyclic) bond motifs is 1. The summed E-state index contributed by atoms with van der Waals surface area (Å²) >= 11 is 0. The van der Waals surface area contributed by atoms with Crippen LogP contribution in [0.1, 0.15) is 0 Å². The van der Waals surface area contributed by atoms with Gasteiger partial charge in [0.2, 0.25) is 0 Å². The molecule has 0 saturated heterocycles. The third-order valence-electron chi connectivity index (χ3n) is 1.86. The maximum absolute atomic E-state index is 10.8. The van der Waals surface area contributed by atoms with Crippen molar-refractivity contribution in [2.45, 2.75) is 0 Å². The van der Waals surface area contributed by atoms with Gasteiger partial charge in [-0.25, -0.2) is 4.79 Å². The minimum absolute atomic E-state index is 0.702. The molecule has 0 aliphatic carbocycles. The lowest BCUT2D eigenvalue weighted by molar-refractivity contribution is -0.136. The van der Waals surface area contributed by atoms with Crippen LogP contribution in [0.5, 0.6) is 0 Å². The lowest BCUT2D eigenvalue weighted by Gasteiger charge is -2.01. The van der Waals surface area contributed by atoms with E-state index in [1.54, 1.807) is 6.20 Å². The molecule has 0 fully saturated rings.